The van der Waals surface area contributed by atoms with Crippen LogP contribution in [0, 0.1) is 0 Å². The predicted octanol–water partition coefficient (Wildman–Crippen LogP) is 2.81. The fourth-order valence-corrected chi connectivity index (χ4v) is 2.05. The molecule has 0 spiro atoms. The summed E-state index contributed by atoms with van der Waals surface area (Å²) in [5.41, 5.74) is 8.29. The van der Waals surface area contributed by atoms with E-state index in [0.717, 1.165) is 16.7 Å². The lowest BCUT2D eigenvalue weighted by Crippen LogP contribution is -2.21. The second-order valence-corrected chi connectivity index (χ2v) is 6.17. The van der Waals surface area contributed by atoms with Gasteiger partial charge in [-0.15, -0.1) is 0 Å². The molecule has 22 heavy (non-hydrogen) atoms. The molecule has 6 heteroatoms. The molecule has 114 valence electrons. The van der Waals surface area contributed by atoms with Gasteiger partial charge in [0.2, 0.25) is 5.82 Å². The van der Waals surface area contributed by atoms with Gasteiger partial charge in [0, 0.05) is 18.3 Å². The summed E-state index contributed by atoms with van der Waals surface area (Å²) in [6.45, 7) is 6.77. The Balaban J connectivity index is 1.88. The average Bonchev–Trinajstić information content (AvgIpc) is 3.15. The second kappa shape index (κ2) is 5.38. The molecule has 0 unspecified atom stereocenters. The Morgan fingerprint density at radius 2 is 1.86 bits per heavy atom. The zero-order chi connectivity index (χ0) is 15.7. The van der Waals surface area contributed by atoms with E-state index in [1.807, 2.05) is 35.1 Å². The summed E-state index contributed by atoms with van der Waals surface area (Å²) in [5, 5.41) is 8.38. The van der Waals surface area contributed by atoms with Crippen LogP contribution in [0.15, 0.2) is 41.2 Å². The topological polar surface area (TPSA) is 82.8 Å². The molecular weight excluding hydrogens is 278 g/mol. The summed E-state index contributed by atoms with van der Waals surface area (Å²) >= 11 is 0. The van der Waals surface area contributed by atoms with E-state index >= 15 is 0 Å². The smallest absolute Gasteiger partial charge is 0.261 e. The third-order valence-corrected chi connectivity index (χ3v) is 3.39. The van der Waals surface area contributed by atoms with Crippen LogP contribution >= 0.6 is 0 Å². The van der Waals surface area contributed by atoms with E-state index < -0.39 is 0 Å². The van der Waals surface area contributed by atoms with Gasteiger partial charge >= 0.3 is 0 Å². The zero-order valence-corrected chi connectivity index (χ0v) is 12.9. The Labute approximate surface area is 129 Å². The van der Waals surface area contributed by atoms with Crippen molar-refractivity contribution in [3.8, 4) is 22.8 Å². The van der Waals surface area contributed by atoms with E-state index in [9.17, 15) is 0 Å². The minimum absolute atomic E-state index is 0.0842. The number of hydrogen-bond acceptors (Lipinski definition) is 5. The van der Waals surface area contributed by atoms with Crippen molar-refractivity contribution in [2.75, 3.05) is 0 Å². The van der Waals surface area contributed by atoms with Crippen LogP contribution in [0.3, 0.4) is 0 Å². The molecular formula is C16H19N5O. The quantitative estimate of drug-likeness (QED) is 0.803. The van der Waals surface area contributed by atoms with E-state index in [-0.39, 0.29) is 5.54 Å². The van der Waals surface area contributed by atoms with E-state index in [1.54, 1.807) is 6.20 Å². The van der Waals surface area contributed by atoms with Crippen LogP contribution < -0.4 is 5.73 Å². The van der Waals surface area contributed by atoms with Crippen molar-refractivity contribution in [3.05, 3.63) is 42.2 Å². The van der Waals surface area contributed by atoms with Gasteiger partial charge in [-0.2, -0.15) is 10.1 Å². The van der Waals surface area contributed by atoms with E-state index in [2.05, 4.69) is 36.0 Å². The molecule has 2 N–H and O–H groups in total. The van der Waals surface area contributed by atoms with Crippen LogP contribution in [0.25, 0.3) is 22.8 Å². The molecule has 0 saturated heterocycles. The SMILES string of the molecule is CC(C)(C)n1cc(-c2nc(-c3ccc(CN)cc3)no2)cn1. The Morgan fingerprint density at radius 3 is 2.45 bits per heavy atom. The summed E-state index contributed by atoms with van der Waals surface area (Å²) in [6.07, 6.45) is 3.65. The second-order valence-electron chi connectivity index (χ2n) is 6.17. The van der Waals surface area contributed by atoms with Gasteiger partial charge in [-0.3, -0.25) is 4.68 Å². The van der Waals surface area contributed by atoms with Gasteiger partial charge in [0.1, 0.15) is 0 Å². The van der Waals surface area contributed by atoms with Gasteiger partial charge in [0.15, 0.2) is 0 Å². The largest absolute Gasteiger partial charge is 0.333 e. The summed E-state index contributed by atoms with van der Waals surface area (Å²) in [7, 11) is 0. The molecule has 3 aromatic rings. The normalized spacial score (nSPS) is 11.8. The first-order valence-electron chi connectivity index (χ1n) is 7.16. The number of rotatable bonds is 3. The standard InChI is InChI=1S/C16H19N5O/c1-16(2,3)21-10-13(9-18-21)15-19-14(20-22-15)12-6-4-11(8-17)5-7-12/h4-7,9-10H,8,17H2,1-3H3. The number of aromatic nitrogens is 4. The maximum atomic E-state index is 5.60. The molecule has 0 atom stereocenters. The summed E-state index contributed by atoms with van der Waals surface area (Å²) in [4.78, 5) is 4.44. The average molecular weight is 297 g/mol. The lowest BCUT2D eigenvalue weighted by molar-refractivity contribution is 0.355. The minimum atomic E-state index is -0.0842. The van der Waals surface area contributed by atoms with Gasteiger partial charge in [0.05, 0.1) is 17.3 Å². The monoisotopic (exact) mass is 297 g/mol. The molecule has 0 bridgehead atoms. The molecule has 0 aliphatic heterocycles. The Hall–Kier alpha value is -2.47. The van der Waals surface area contributed by atoms with E-state index in [4.69, 9.17) is 10.3 Å². The lowest BCUT2D eigenvalue weighted by atomic mass is 10.1. The Bertz CT molecular complexity index is 764. The lowest BCUT2D eigenvalue weighted by Gasteiger charge is -2.18. The fourth-order valence-electron chi connectivity index (χ4n) is 2.05. The van der Waals surface area contributed by atoms with Crippen molar-refractivity contribution >= 4 is 0 Å². The third kappa shape index (κ3) is 2.78. The predicted molar refractivity (Wildman–Crippen MR) is 83.8 cm³/mol. The molecule has 6 nitrogen and oxygen atoms in total. The number of nitrogens with two attached hydrogens (primary N) is 1. The van der Waals surface area contributed by atoms with Crippen LogP contribution in [0.1, 0.15) is 26.3 Å². The van der Waals surface area contributed by atoms with Gasteiger partial charge in [-0.25, -0.2) is 0 Å². The van der Waals surface area contributed by atoms with Crippen LogP contribution in [-0.4, -0.2) is 19.9 Å². The van der Waals surface area contributed by atoms with Crippen molar-refractivity contribution in [1.29, 1.82) is 0 Å². The maximum absolute atomic E-state index is 5.60. The number of nitrogens with zero attached hydrogens (tertiary/aromatic N) is 4. The van der Waals surface area contributed by atoms with Crippen molar-refractivity contribution in [2.45, 2.75) is 32.9 Å². The molecule has 2 heterocycles. The molecule has 0 aliphatic carbocycles. The van der Waals surface area contributed by atoms with E-state index in [0.29, 0.717) is 18.3 Å². The highest BCUT2D eigenvalue weighted by atomic mass is 16.5. The van der Waals surface area contributed by atoms with Crippen LogP contribution in [0.4, 0.5) is 0 Å². The summed E-state index contributed by atoms with van der Waals surface area (Å²) < 4.78 is 7.23. The molecule has 1 aromatic carbocycles. The summed E-state index contributed by atoms with van der Waals surface area (Å²) in [5.74, 6) is 1.02. The van der Waals surface area contributed by atoms with Gasteiger partial charge in [0.25, 0.3) is 5.89 Å². The van der Waals surface area contributed by atoms with Crippen LogP contribution in [-0.2, 0) is 12.1 Å². The van der Waals surface area contributed by atoms with Crippen LogP contribution in [0.2, 0.25) is 0 Å². The molecule has 2 aromatic heterocycles. The molecule has 0 fully saturated rings. The van der Waals surface area contributed by atoms with Crippen molar-refractivity contribution < 1.29 is 4.52 Å². The Morgan fingerprint density at radius 1 is 1.14 bits per heavy atom. The molecule has 3 rings (SSSR count). The highest BCUT2D eigenvalue weighted by molar-refractivity contribution is 5.59. The Kier molecular flexibility index (Phi) is 3.54. The molecule has 0 amide bonds. The maximum Gasteiger partial charge on any atom is 0.261 e. The van der Waals surface area contributed by atoms with Crippen LogP contribution in [0.5, 0.6) is 0 Å². The van der Waals surface area contributed by atoms with Gasteiger partial charge in [-0.05, 0) is 26.3 Å². The first kappa shape index (κ1) is 14.5. The molecule has 0 radical (unpaired) electrons. The number of benzene rings is 1. The van der Waals surface area contributed by atoms with E-state index in [1.165, 1.54) is 0 Å². The first-order valence-corrected chi connectivity index (χ1v) is 7.16. The fraction of sp³-hybridized carbons (Fsp3) is 0.312. The van der Waals surface area contributed by atoms with Gasteiger partial charge in [-0.1, -0.05) is 29.4 Å². The van der Waals surface area contributed by atoms with Gasteiger partial charge < -0.3 is 10.3 Å². The zero-order valence-electron chi connectivity index (χ0n) is 12.9. The number of hydrogen-bond donors (Lipinski definition) is 1. The summed E-state index contributed by atoms with van der Waals surface area (Å²) in [6, 6.07) is 7.80. The highest BCUT2D eigenvalue weighted by Gasteiger charge is 2.17. The van der Waals surface area contributed by atoms with Crippen molar-refractivity contribution in [2.24, 2.45) is 5.73 Å². The van der Waals surface area contributed by atoms with Crippen molar-refractivity contribution in [1.82, 2.24) is 19.9 Å². The highest BCUT2D eigenvalue weighted by Crippen LogP contribution is 2.23. The first-order chi connectivity index (χ1) is 10.5. The minimum Gasteiger partial charge on any atom is -0.333 e. The molecule has 0 aliphatic rings. The van der Waals surface area contributed by atoms with Crippen molar-refractivity contribution in [3.63, 3.8) is 0 Å². The third-order valence-electron chi connectivity index (χ3n) is 3.39. The molecule has 0 saturated carbocycles.